The maximum atomic E-state index is 13.4. The standard InChI is InChI=1S/C14H20ClFN2O2/c1-14(2,3)18-13(20)7-17-12(8-19)9-4-5-10(15)11(16)6-9/h4-6,12,17,19H,7-8H2,1-3H3,(H,18,20)/t12-/m1/s1. The molecule has 1 amide bonds. The topological polar surface area (TPSA) is 61.4 Å². The number of benzene rings is 1. The Morgan fingerprint density at radius 1 is 1.45 bits per heavy atom. The van der Waals surface area contributed by atoms with E-state index in [0.29, 0.717) is 5.56 Å². The Kier molecular flexibility index (Phi) is 5.92. The molecule has 0 aromatic heterocycles. The zero-order valence-electron chi connectivity index (χ0n) is 11.8. The number of aliphatic hydroxyl groups excluding tert-OH is 1. The highest BCUT2D eigenvalue weighted by Gasteiger charge is 2.16. The fourth-order valence-corrected chi connectivity index (χ4v) is 1.81. The van der Waals surface area contributed by atoms with E-state index in [1.165, 1.54) is 12.1 Å². The van der Waals surface area contributed by atoms with E-state index in [2.05, 4.69) is 10.6 Å². The molecular weight excluding hydrogens is 283 g/mol. The highest BCUT2D eigenvalue weighted by Crippen LogP contribution is 2.20. The molecule has 0 aliphatic carbocycles. The molecule has 4 nitrogen and oxygen atoms in total. The third-order valence-corrected chi connectivity index (χ3v) is 2.86. The summed E-state index contributed by atoms with van der Waals surface area (Å²) in [5.74, 6) is -0.742. The van der Waals surface area contributed by atoms with Crippen LogP contribution in [0.4, 0.5) is 4.39 Å². The van der Waals surface area contributed by atoms with Gasteiger partial charge in [-0.1, -0.05) is 17.7 Å². The number of hydrogen-bond acceptors (Lipinski definition) is 3. The highest BCUT2D eigenvalue weighted by atomic mass is 35.5. The van der Waals surface area contributed by atoms with Crippen LogP contribution >= 0.6 is 11.6 Å². The van der Waals surface area contributed by atoms with Gasteiger partial charge in [-0.3, -0.25) is 10.1 Å². The predicted octanol–water partition coefficient (Wildman–Crippen LogP) is 2.02. The van der Waals surface area contributed by atoms with Gasteiger partial charge in [0.2, 0.25) is 5.91 Å². The highest BCUT2D eigenvalue weighted by molar-refractivity contribution is 6.30. The minimum atomic E-state index is -0.552. The molecule has 1 rings (SSSR count). The smallest absolute Gasteiger partial charge is 0.234 e. The van der Waals surface area contributed by atoms with E-state index in [9.17, 15) is 14.3 Å². The van der Waals surface area contributed by atoms with Gasteiger partial charge < -0.3 is 10.4 Å². The molecule has 0 aliphatic heterocycles. The van der Waals surface area contributed by atoms with E-state index in [1.54, 1.807) is 6.07 Å². The lowest BCUT2D eigenvalue weighted by molar-refractivity contribution is -0.121. The first-order valence-electron chi connectivity index (χ1n) is 6.33. The lowest BCUT2D eigenvalue weighted by Crippen LogP contribution is -2.45. The first kappa shape index (κ1) is 16.9. The van der Waals surface area contributed by atoms with Crippen LogP contribution in [-0.4, -0.2) is 29.7 Å². The van der Waals surface area contributed by atoms with Gasteiger partial charge in [-0.25, -0.2) is 4.39 Å². The Morgan fingerprint density at radius 2 is 2.10 bits per heavy atom. The van der Waals surface area contributed by atoms with Crippen LogP contribution in [0.25, 0.3) is 0 Å². The van der Waals surface area contributed by atoms with Crippen molar-refractivity contribution in [2.45, 2.75) is 32.4 Å². The summed E-state index contributed by atoms with van der Waals surface area (Å²) in [4.78, 5) is 11.7. The fraction of sp³-hybridized carbons (Fsp3) is 0.500. The van der Waals surface area contributed by atoms with Crippen molar-refractivity contribution in [2.24, 2.45) is 0 Å². The van der Waals surface area contributed by atoms with Gasteiger partial charge in [-0.2, -0.15) is 0 Å². The molecule has 3 N–H and O–H groups in total. The van der Waals surface area contributed by atoms with E-state index < -0.39 is 11.9 Å². The molecule has 0 bridgehead atoms. The number of carbonyl (C=O) groups is 1. The van der Waals surface area contributed by atoms with Crippen molar-refractivity contribution in [1.29, 1.82) is 0 Å². The van der Waals surface area contributed by atoms with Crippen molar-refractivity contribution in [3.63, 3.8) is 0 Å². The first-order chi connectivity index (χ1) is 9.23. The van der Waals surface area contributed by atoms with E-state index in [-0.39, 0.29) is 29.6 Å². The zero-order valence-corrected chi connectivity index (χ0v) is 12.6. The van der Waals surface area contributed by atoms with Gasteiger partial charge in [-0.05, 0) is 38.5 Å². The SMILES string of the molecule is CC(C)(C)NC(=O)CN[C@H](CO)c1ccc(Cl)c(F)c1. The second kappa shape index (κ2) is 7.02. The molecule has 0 aliphatic rings. The third kappa shape index (κ3) is 5.45. The molecule has 0 spiro atoms. The summed E-state index contributed by atoms with van der Waals surface area (Å²) in [7, 11) is 0. The largest absolute Gasteiger partial charge is 0.394 e. The van der Waals surface area contributed by atoms with E-state index in [4.69, 9.17) is 11.6 Å². The van der Waals surface area contributed by atoms with Gasteiger partial charge in [0, 0.05) is 5.54 Å². The summed E-state index contributed by atoms with van der Waals surface area (Å²) < 4.78 is 13.4. The summed E-state index contributed by atoms with van der Waals surface area (Å²) in [5.41, 5.74) is 0.220. The molecule has 0 heterocycles. The zero-order chi connectivity index (χ0) is 15.3. The number of nitrogens with one attached hydrogen (secondary N) is 2. The molecule has 6 heteroatoms. The van der Waals surface area contributed by atoms with Gasteiger partial charge in [0.05, 0.1) is 24.2 Å². The lowest BCUT2D eigenvalue weighted by atomic mass is 10.1. The van der Waals surface area contributed by atoms with Gasteiger partial charge >= 0.3 is 0 Å². The van der Waals surface area contributed by atoms with Crippen LogP contribution in [0.2, 0.25) is 5.02 Å². The number of amides is 1. The van der Waals surface area contributed by atoms with Crippen LogP contribution in [0.3, 0.4) is 0 Å². The Labute approximate surface area is 123 Å². The molecule has 0 unspecified atom stereocenters. The van der Waals surface area contributed by atoms with Crippen LogP contribution in [0.5, 0.6) is 0 Å². The van der Waals surface area contributed by atoms with Crippen LogP contribution in [0.15, 0.2) is 18.2 Å². The molecule has 1 atom stereocenters. The quantitative estimate of drug-likeness (QED) is 0.780. The molecule has 112 valence electrons. The lowest BCUT2D eigenvalue weighted by Gasteiger charge is -2.22. The van der Waals surface area contributed by atoms with Crippen molar-refractivity contribution >= 4 is 17.5 Å². The third-order valence-electron chi connectivity index (χ3n) is 2.55. The predicted molar refractivity (Wildman–Crippen MR) is 77.1 cm³/mol. The number of hydrogen-bond donors (Lipinski definition) is 3. The molecule has 0 saturated carbocycles. The number of rotatable bonds is 5. The van der Waals surface area contributed by atoms with Crippen LogP contribution in [0.1, 0.15) is 32.4 Å². The number of aliphatic hydroxyl groups is 1. The fourth-order valence-electron chi connectivity index (χ4n) is 1.70. The molecule has 20 heavy (non-hydrogen) atoms. The maximum Gasteiger partial charge on any atom is 0.234 e. The summed E-state index contributed by atoms with van der Waals surface area (Å²) in [5, 5.41) is 15.0. The van der Waals surface area contributed by atoms with Gasteiger partial charge in [0.1, 0.15) is 5.82 Å². The minimum Gasteiger partial charge on any atom is -0.394 e. The molecule has 0 radical (unpaired) electrons. The molecular formula is C14H20ClFN2O2. The van der Waals surface area contributed by atoms with Crippen LogP contribution < -0.4 is 10.6 Å². The molecule has 0 fully saturated rings. The summed E-state index contributed by atoms with van der Waals surface area (Å²) in [6.07, 6.45) is 0. The maximum absolute atomic E-state index is 13.4. The Morgan fingerprint density at radius 3 is 2.60 bits per heavy atom. The molecule has 0 saturated heterocycles. The number of carbonyl (C=O) groups excluding carboxylic acids is 1. The van der Waals surface area contributed by atoms with Crippen molar-refractivity contribution in [1.82, 2.24) is 10.6 Å². The Balaban J connectivity index is 2.63. The molecule has 1 aromatic carbocycles. The van der Waals surface area contributed by atoms with Crippen LogP contribution in [0, 0.1) is 5.82 Å². The normalized spacial score (nSPS) is 13.1. The van der Waals surface area contributed by atoms with Gasteiger partial charge in [0.25, 0.3) is 0 Å². The minimum absolute atomic E-state index is 0.0240. The van der Waals surface area contributed by atoms with E-state index in [1.807, 2.05) is 20.8 Å². The summed E-state index contributed by atoms with van der Waals surface area (Å²) in [6, 6.07) is 3.76. The summed E-state index contributed by atoms with van der Waals surface area (Å²) >= 11 is 5.61. The van der Waals surface area contributed by atoms with Crippen molar-refractivity contribution in [2.75, 3.05) is 13.2 Å². The van der Waals surface area contributed by atoms with Crippen molar-refractivity contribution in [3.05, 3.63) is 34.6 Å². The monoisotopic (exact) mass is 302 g/mol. The Hall–Kier alpha value is -1.17. The average molecular weight is 303 g/mol. The van der Waals surface area contributed by atoms with Crippen molar-refractivity contribution < 1.29 is 14.3 Å². The van der Waals surface area contributed by atoms with Gasteiger partial charge in [-0.15, -0.1) is 0 Å². The second-order valence-corrected chi connectivity index (χ2v) is 5.99. The second-order valence-electron chi connectivity index (χ2n) is 5.59. The number of halogens is 2. The van der Waals surface area contributed by atoms with Crippen molar-refractivity contribution in [3.8, 4) is 0 Å². The van der Waals surface area contributed by atoms with E-state index >= 15 is 0 Å². The van der Waals surface area contributed by atoms with Crippen LogP contribution in [-0.2, 0) is 4.79 Å². The van der Waals surface area contributed by atoms with E-state index in [0.717, 1.165) is 0 Å². The Bertz CT molecular complexity index is 475. The molecule has 1 aromatic rings. The first-order valence-corrected chi connectivity index (χ1v) is 6.71. The summed E-state index contributed by atoms with van der Waals surface area (Å²) in [6.45, 7) is 5.42. The average Bonchev–Trinajstić information content (AvgIpc) is 2.32. The van der Waals surface area contributed by atoms with Gasteiger partial charge in [0.15, 0.2) is 0 Å².